The van der Waals surface area contributed by atoms with Crippen molar-refractivity contribution in [2.24, 2.45) is 5.92 Å². The number of piperazine rings is 1. The number of rotatable bonds is 3. The van der Waals surface area contributed by atoms with E-state index in [-0.39, 0.29) is 23.9 Å². The summed E-state index contributed by atoms with van der Waals surface area (Å²) in [6.07, 6.45) is 1.63. The van der Waals surface area contributed by atoms with Crippen LogP contribution in [0.25, 0.3) is 0 Å². The number of Topliss-reactive ketones (excluding diaryl/α,β-unsaturated/α-hetero) is 1. The largest absolute Gasteiger partial charge is 0.331 e. The number of benzene rings is 1. The van der Waals surface area contributed by atoms with E-state index in [1.807, 2.05) is 4.90 Å². The van der Waals surface area contributed by atoms with Crippen LogP contribution >= 0.6 is 11.6 Å². The zero-order valence-corrected chi connectivity index (χ0v) is 16.2. The highest BCUT2D eigenvalue weighted by atomic mass is 35.5. The van der Waals surface area contributed by atoms with E-state index in [0.717, 1.165) is 31.5 Å². The van der Waals surface area contributed by atoms with Crippen LogP contribution in [0.3, 0.4) is 0 Å². The zero-order valence-electron chi connectivity index (χ0n) is 15.4. The van der Waals surface area contributed by atoms with Crippen LogP contribution in [0.2, 0.25) is 5.02 Å². The highest BCUT2D eigenvalue weighted by Crippen LogP contribution is 2.25. The van der Waals surface area contributed by atoms with Gasteiger partial charge < -0.3 is 9.80 Å². The lowest BCUT2D eigenvalue weighted by molar-refractivity contribution is 0.0537. The minimum atomic E-state index is 0.000104. The van der Waals surface area contributed by atoms with Crippen molar-refractivity contribution in [2.75, 3.05) is 46.8 Å². The maximum Gasteiger partial charge on any atom is 0.319 e. The Balaban J connectivity index is 1.56. The Morgan fingerprint density at radius 3 is 2.38 bits per heavy atom. The van der Waals surface area contributed by atoms with Gasteiger partial charge in [-0.3, -0.25) is 9.69 Å². The Labute approximate surface area is 160 Å². The normalized spacial score (nSPS) is 24.3. The highest BCUT2D eigenvalue weighted by molar-refractivity contribution is 6.30. The number of amides is 2. The van der Waals surface area contributed by atoms with Gasteiger partial charge in [0.05, 0.1) is 6.17 Å². The van der Waals surface area contributed by atoms with Crippen molar-refractivity contribution in [2.45, 2.75) is 19.0 Å². The molecule has 0 spiro atoms. The van der Waals surface area contributed by atoms with E-state index in [9.17, 15) is 9.59 Å². The van der Waals surface area contributed by atoms with Crippen molar-refractivity contribution in [1.29, 1.82) is 0 Å². The van der Waals surface area contributed by atoms with E-state index in [1.165, 1.54) is 0 Å². The van der Waals surface area contributed by atoms with Crippen LogP contribution in [-0.2, 0) is 0 Å². The van der Waals surface area contributed by atoms with Crippen LogP contribution in [0.1, 0.15) is 23.2 Å². The molecule has 0 aromatic heterocycles. The molecule has 3 rings (SSSR count). The summed E-state index contributed by atoms with van der Waals surface area (Å²) in [6.45, 7) is 3.73. The first-order valence-electron chi connectivity index (χ1n) is 9.12. The standard InChI is InChI=1S/C19H26ClN4O2/c1-22(2)19(26)24-11-9-23(10-12-24)17-13-15(7-8-21-17)18(25)14-3-5-16(20)6-4-14/h3-6,15,17H,7-13H2,1-2H3/t15?,17-/m1/s1. The third kappa shape index (κ3) is 4.37. The van der Waals surface area contributed by atoms with Crippen molar-refractivity contribution >= 4 is 23.4 Å². The van der Waals surface area contributed by atoms with Crippen molar-refractivity contribution in [1.82, 2.24) is 20.0 Å². The molecule has 2 aliphatic rings. The topological polar surface area (TPSA) is 58.0 Å². The molecule has 7 heteroatoms. The fourth-order valence-electron chi connectivity index (χ4n) is 3.67. The van der Waals surface area contributed by atoms with Crippen LogP contribution in [0.4, 0.5) is 4.79 Å². The van der Waals surface area contributed by atoms with E-state index in [4.69, 9.17) is 16.9 Å². The molecule has 1 aromatic carbocycles. The first kappa shape index (κ1) is 19.1. The Morgan fingerprint density at radius 2 is 1.77 bits per heavy atom. The summed E-state index contributed by atoms with van der Waals surface area (Å²) >= 11 is 5.92. The lowest BCUT2D eigenvalue weighted by atomic mass is 9.87. The second kappa shape index (κ2) is 8.37. The molecule has 1 aromatic rings. The molecule has 2 amide bonds. The molecule has 2 heterocycles. The molecule has 0 saturated carbocycles. The average molecular weight is 378 g/mol. The summed E-state index contributed by atoms with van der Waals surface area (Å²) in [4.78, 5) is 30.6. The molecule has 2 aliphatic heterocycles. The van der Waals surface area contributed by atoms with Gasteiger partial charge in [-0.1, -0.05) is 11.6 Å². The molecule has 2 atom stereocenters. The summed E-state index contributed by atoms with van der Waals surface area (Å²) in [5.74, 6) is 0.183. The van der Waals surface area contributed by atoms with Gasteiger partial charge in [-0.15, -0.1) is 0 Å². The molecule has 0 bridgehead atoms. The molecule has 0 N–H and O–H groups in total. The number of nitrogens with zero attached hydrogens (tertiary/aromatic N) is 4. The smallest absolute Gasteiger partial charge is 0.319 e. The van der Waals surface area contributed by atoms with Gasteiger partial charge in [-0.05, 0) is 37.1 Å². The number of piperidine rings is 1. The molecule has 1 radical (unpaired) electrons. The molecule has 2 saturated heterocycles. The summed E-state index contributed by atoms with van der Waals surface area (Å²) in [5, 5.41) is 5.38. The van der Waals surface area contributed by atoms with Gasteiger partial charge in [0.15, 0.2) is 5.78 Å². The SMILES string of the molecule is CN(C)C(=O)N1CCN([C@@H]2CC(C(=O)c3ccc(Cl)cc3)CC[N]2)CC1. The quantitative estimate of drug-likeness (QED) is 0.758. The zero-order chi connectivity index (χ0) is 18.7. The number of carbonyl (C=O) groups excluding carboxylic acids is 2. The number of hydrogen-bond donors (Lipinski definition) is 0. The Kier molecular flexibility index (Phi) is 6.16. The summed E-state index contributed by atoms with van der Waals surface area (Å²) in [7, 11) is 3.55. The van der Waals surface area contributed by atoms with E-state index < -0.39 is 0 Å². The molecule has 1 unspecified atom stereocenters. The number of carbonyl (C=O) groups is 2. The fraction of sp³-hybridized carbons (Fsp3) is 0.579. The summed E-state index contributed by atoms with van der Waals surface area (Å²) < 4.78 is 0. The highest BCUT2D eigenvalue weighted by Gasteiger charge is 2.33. The lowest BCUT2D eigenvalue weighted by Crippen LogP contribution is -2.57. The number of urea groups is 1. The summed E-state index contributed by atoms with van der Waals surface area (Å²) in [6, 6.07) is 7.19. The molecule has 26 heavy (non-hydrogen) atoms. The van der Waals surface area contributed by atoms with Crippen molar-refractivity contribution in [3.05, 3.63) is 34.9 Å². The van der Waals surface area contributed by atoms with E-state index in [0.29, 0.717) is 24.7 Å². The van der Waals surface area contributed by atoms with Gasteiger partial charge in [0.2, 0.25) is 0 Å². The van der Waals surface area contributed by atoms with Crippen molar-refractivity contribution in [3.63, 3.8) is 0 Å². The maximum absolute atomic E-state index is 12.8. The molecule has 0 aliphatic carbocycles. The predicted octanol–water partition coefficient (Wildman–Crippen LogP) is 2.16. The minimum absolute atomic E-state index is 0.000104. The van der Waals surface area contributed by atoms with Crippen LogP contribution in [0.15, 0.2) is 24.3 Å². The van der Waals surface area contributed by atoms with Crippen LogP contribution in [-0.4, -0.2) is 79.5 Å². The van der Waals surface area contributed by atoms with Gasteiger partial charge in [0.1, 0.15) is 0 Å². The molecule has 6 nitrogen and oxygen atoms in total. The van der Waals surface area contributed by atoms with Gasteiger partial charge in [-0.25, -0.2) is 10.1 Å². The van der Waals surface area contributed by atoms with Crippen LogP contribution in [0, 0.1) is 5.92 Å². The fourth-order valence-corrected chi connectivity index (χ4v) is 3.80. The number of hydrogen-bond acceptors (Lipinski definition) is 3. The Morgan fingerprint density at radius 1 is 1.12 bits per heavy atom. The van der Waals surface area contributed by atoms with Crippen molar-refractivity contribution < 1.29 is 9.59 Å². The third-order valence-corrected chi connectivity index (χ3v) is 5.45. The maximum atomic E-state index is 12.8. The summed E-state index contributed by atoms with van der Waals surface area (Å²) in [5.41, 5.74) is 0.724. The van der Waals surface area contributed by atoms with Crippen molar-refractivity contribution in [3.8, 4) is 0 Å². The van der Waals surface area contributed by atoms with Gasteiger partial charge in [0, 0.05) is 63.3 Å². The molecular formula is C19H26ClN4O2. The van der Waals surface area contributed by atoms with Gasteiger partial charge >= 0.3 is 6.03 Å². The third-order valence-electron chi connectivity index (χ3n) is 5.20. The first-order chi connectivity index (χ1) is 12.5. The minimum Gasteiger partial charge on any atom is -0.331 e. The predicted molar refractivity (Wildman–Crippen MR) is 102 cm³/mol. The number of halogens is 1. The van der Waals surface area contributed by atoms with E-state index in [2.05, 4.69) is 4.90 Å². The second-order valence-electron chi connectivity index (χ2n) is 7.18. The van der Waals surface area contributed by atoms with Gasteiger partial charge in [-0.2, -0.15) is 0 Å². The van der Waals surface area contributed by atoms with E-state index in [1.54, 1.807) is 43.3 Å². The molecule has 141 valence electrons. The van der Waals surface area contributed by atoms with E-state index >= 15 is 0 Å². The van der Waals surface area contributed by atoms with Gasteiger partial charge in [0.25, 0.3) is 0 Å². The Bertz CT molecular complexity index is 641. The first-order valence-corrected chi connectivity index (χ1v) is 9.50. The Hall–Kier alpha value is -1.63. The van der Waals surface area contributed by atoms with Crippen LogP contribution in [0.5, 0.6) is 0 Å². The van der Waals surface area contributed by atoms with Crippen LogP contribution < -0.4 is 5.32 Å². The monoisotopic (exact) mass is 377 g/mol. The average Bonchev–Trinajstić information content (AvgIpc) is 2.67. The molecular weight excluding hydrogens is 352 g/mol. The number of ketones is 1. The second-order valence-corrected chi connectivity index (χ2v) is 7.62. The molecule has 2 fully saturated rings. The lowest BCUT2D eigenvalue weighted by Gasteiger charge is -2.42.